The highest BCUT2D eigenvalue weighted by atomic mass is 32.2. The number of hydrogen-bond donors (Lipinski definition) is 0. The molecule has 0 saturated heterocycles. The van der Waals surface area contributed by atoms with Gasteiger partial charge in [0, 0.05) is 20.0 Å². The van der Waals surface area contributed by atoms with Crippen LogP contribution in [-0.4, -0.2) is 25.5 Å². The van der Waals surface area contributed by atoms with Crippen molar-refractivity contribution in [3.8, 4) is 6.07 Å². The second-order valence-corrected chi connectivity index (χ2v) is 6.01. The summed E-state index contributed by atoms with van der Waals surface area (Å²) in [6.07, 6.45) is 0.663. The van der Waals surface area contributed by atoms with E-state index in [4.69, 9.17) is 5.26 Å². The van der Waals surface area contributed by atoms with E-state index in [0.717, 1.165) is 5.56 Å². The first-order valence-electron chi connectivity index (χ1n) is 5.41. The third kappa shape index (κ3) is 4.55. The van der Waals surface area contributed by atoms with Gasteiger partial charge in [-0.25, -0.2) is 12.7 Å². The summed E-state index contributed by atoms with van der Waals surface area (Å²) < 4.78 is 25.0. The SMILES string of the molecule is CN(Cc1ccccc1)S(=O)(=O)CCCC#N. The maximum atomic E-state index is 11.8. The molecule has 0 atom stereocenters. The van der Waals surface area contributed by atoms with Gasteiger partial charge in [-0.1, -0.05) is 30.3 Å². The number of hydrogen-bond acceptors (Lipinski definition) is 3. The summed E-state index contributed by atoms with van der Waals surface area (Å²) in [4.78, 5) is 0. The summed E-state index contributed by atoms with van der Waals surface area (Å²) in [6, 6.07) is 11.4. The van der Waals surface area contributed by atoms with Crippen molar-refractivity contribution in [2.45, 2.75) is 19.4 Å². The Balaban J connectivity index is 2.58. The van der Waals surface area contributed by atoms with Crippen molar-refractivity contribution < 1.29 is 8.42 Å². The summed E-state index contributed by atoms with van der Waals surface area (Å²) in [6.45, 7) is 0.371. The van der Waals surface area contributed by atoms with Gasteiger partial charge in [0.1, 0.15) is 0 Å². The van der Waals surface area contributed by atoms with E-state index in [1.165, 1.54) is 4.31 Å². The van der Waals surface area contributed by atoms with E-state index in [-0.39, 0.29) is 12.2 Å². The Morgan fingerprint density at radius 1 is 1.29 bits per heavy atom. The number of nitriles is 1. The van der Waals surface area contributed by atoms with Crippen LogP contribution in [0.2, 0.25) is 0 Å². The van der Waals surface area contributed by atoms with Crippen molar-refractivity contribution in [3.05, 3.63) is 35.9 Å². The van der Waals surface area contributed by atoms with Crippen molar-refractivity contribution >= 4 is 10.0 Å². The van der Waals surface area contributed by atoms with Gasteiger partial charge in [0.05, 0.1) is 11.8 Å². The summed E-state index contributed by atoms with van der Waals surface area (Å²) in [5.41, 5.74) is 0.957. The van der Waals surface area contributed by atoms with Gasteiger partial charge in [-0.15, -0.1) is 0 Å². The molecule has 0 aliphatic heterocycles. The molecule has 0 radical (unpaired) electrons. The van der Waals surface area contributed by atoms with Crippen LogP contribution >= 0.6 is 0 Å². The molecule has 0 fully saturated rings. The first kappa shape index (κ1) is 13.7. The molecule has 5 heteroatoms. The number of nitrogens with zero attached hydrogens (tertiary/aromatic N) is 2. The summed E-state index contributed by atoms with van der Waals surface area (Å²) in [5.74, 6) is 0.0316. The molecule has 0 amide bonds. The maximum absolute atomic E-state index is 11.8. The zero-order chi connectivity index (χ0) is 12.7. The Labute approximate surface area is 103 Å². The van der Waals surface area contributed by atoms with Gasteiger partial charge in [-0.05, 0) is 12.0 Å². The average molecular weight is 252 g/mol. The van der Waals surface area contributed by atoms with Crippen LogP contribution in [0.15, 0.2) is 30.3 Å². The molecule has 0 bridgehead atoms. The molecule has 92 valence electrons. The predicted molar refractivity (Wildman–Crippen MR) is 66.5 cm³/mol. The number of rotatable bonds is 6. The summed E-state index contributed by atoms with van der Waals surface area (Å²) in [5, 5.41) is 8.38. The van der Waals surface area contributed by atoms with Crippen molar-refractivity contribution in [1.82, 2.24) is 4.31 Å². The van der Waals surface area contributed by atoms with Crippen molar-refractivity contribution in [2.75, 3.05) is 12.8 Å². The van der Waals surface area contributed by atoms with Crippen LogP contribution in [0.4, 0.5) is 0 Å². The molecule has 0 N–H and O–H groups in total. The molecule has 0 aliphatic carbocycles. The monoisotopic (exact) mass is 252 g/mol. The zero-order valence-electron chi connectivity index (χ0n) is 9.83. The first-order chi connectivity index (χ1) is 8.06. The average Bonchev–Trinajstić information content (AvgIpc) is 2.30. The molecule has 0 spiro atoms. The Bertz CT molecular complexity index is 477. The Morgan fingerprint density at radius 3 is 2.53 bits per heavy atom. The minimum absolute atomic E-state index is 0.0316. The van der Waals surface area contributed by atoms with Gasteiger partial charge in [-0.3, -0.25) is 0 Å². The number of unbranched alkanes of at least 4 members (excludes halogenated alkanes) is 1. The third-order valence-corrected chi connectivity index (χ3v) is 4.30. The quantitative estimate of drug-likeness (QED) is 0.725. The Morgan fingerprint density at radius 2 is 1.94 bits per heavy atom. The van der Waals surface area contributed by atoms with Crippen LogP contribution in [0.5, 0.6) is 0 Å². The highest BCUT2D eigenvalue weighted by Gasteiger charge is 2.17. The zero-order valence-corrected chi connectivity index (χ0v) is 10.7. The molecule has 0 unspecified atom stereocenters. The number of benzene rings is 1. The normalized spacial score (nSPS) is 11.4. The smallest absolute Gasteiger partial charge is 0.212 e. The van der Waals surface area contributed by atoms with Crippen molar-refractivity contribution in [3.63, 3.8) is 0 Å². The lowest BCUT2D eigenvalue weighted by molar-refractivity contribution is 0.465. The molecule has 1 aromatic rings. The molecule has 0 aliphatic rings. The lowest BCUT2D eigenvalue weighted by Gasteiger charge is -2.16. The molecule has 1 rings (SSSR count). The van der Waals surface area contributed by atoms with Gasteiger partial charge < -0.3 is 0 Å². The van der Waals surface area contributed by atoms with E-state index >= 15 is 0 Å². The van der Waals surface area contributed by atoms with Crippen LogP contribution in [0.25, 0.3) is 0 Å². The van der Waals surface area contributed by atoms with E-state index in [1.54, 1.807) is 7.05 Å². The van der Waals surface area contributed by atoms with E-state index in [9.17, 15) is 8.42 Å². The maximum Gasteiger partial charge on any atom is 0.214 e. The molecule has 0 heterocycles. The van der Waals surface area contributed by atoms with E-state index in [1.807, 2.05) is 36.4 Å². The Kier molecular flexibility index (Phi) is 5.13. The fraction of sp³-hybridized carbons (Fsp3) is 0.417. The molecular weight excluding hydrogens is 236 g/mol. The second kappa shape index (κ2) is 6.38. The van der Waals surface area contributed by atoms with Gasteiger partial charge in [0.15, 0.2) is 0 Å². The minimum Gasteiger partial charge on any atom is -0.212 e. The van der Waals surface area contributed by atoms with Crippen LogP contribution < -0.4 is 0 Å². The van der Waals surface area contributed by atoms with E-state index in [2.05, 4.69) is 0 Å². The second-order valence-electron chi connectivity index (χ2n) is 3.82. The topological polar surface area (TPSA) is 61.2 Å². The number of sulfonamides is 1. The van der Waals surface area contributed by atoms with Crippen LogP contribution in [-0.2, 0) is 16.6 Å². The standard InChI is InChI=1S/C12H16N2O2S/c1-14(11-12-7-3-2-4-8-12)17(15,16)10-6-5-9-13/h2-4,7-8H,5-6,10-11H2,1H3. The fourth-order valence-corrected chi connectivity index (χ4v) is 2.59. The summed E-state index contributed by atoms with van der Waals surface area (Å²) >= 11 is 0. The van der Waals surface area contributed by atoms with Gasteiger partial charge >= 0.3 is 0 Å². The van der Waals surface area contributed by atoms with Crippen LogP contribution in [0.3, 0.4) is 0 Å². The molecular formula is C12H16N2O2S. The predicted octanol–water partition coefficient (Wildman–Crippen LogP) is 1.75. The third-order valence-electron chi connectivity index (χ3n) is 2.41. The summed E-state index contributed by atoms with van der Waals surface area (Å²) in [7, 11) is -1.68. The van der Waals surface area contributed by atoms with Crippen LogP contribution in [0.1, 0.15) is 18.4 Å². The molecule has 0 aromatic heterocycles. The molecule has 4 nitrogen and oxygen atoms in total. The lowest BCUT2D eigenvalue weighted by atomic mass is 10.2. The highest BCUT2D eigenvalue weighted by molar-refractivity contribution is 7.89. The molecule has 1 aromatic carbocycles. The first-order valence-corrected chi connectivity index (χ1v) is 7.02. The minimum atomic E-state index is -3.25. The van der Waals surface area contributed by atoms with Crippen molar-refractivity contribution in [1.29, 1.82) is 5.26 Å². The van der Waals surface area contributed by atoms with E-state index < -0.39 is 10.0 Å². The van der Waals surface area contributed by atoms with E-state index in [0.29, 0.717) is 13.0 Å². The highest BCUT2D eigenvalue weighted by Crippen LogP contribution is 2.08. The van der Waals surface area contributed by atoms with Gasteiger partial charge in [0.25, 0.3) is 0 Å². The van der Waals surface area contributed by atoms with Crippen LogP contribution in [0, 0.1) is 11.3 Å². The van der Waals surface area contributed by atoms with Crippen molar-refractivity contribution in [2.24, 2.45) is 0 Å². The fourth-order valence-electron chi connectivity index (χ4n) is 1.43. The molecule has 17 heavy (non-hydrogen) atoms. The lowest BCUT2D eigenvalue weighted by Crippen LogP contribution is -2.28. The molecule has 0 saturated carbocycles. The largest absolute Gasteiger partial charge is 0.214 e. The van der Waals surface area contributed by atoms with Gasteiger partial charge in [0.2, 0.25) is 10.0 Å². The Hall–Kier alpha value is -1.38. The van der Waals surface area contributed by atoms with Gasteiger partial charge in [-0.2, -0.15) is 5.26 Å².